The third-order valence-electron chi connectivity index (χ3n) is 5.68. The van der Waals surface area contributed by atoms with Crippen molar-refractivity contribution in [3.63, 3.8) is 0 Å². The number of nitrogens with one attached hydrogen (secondary N) is 1. The van der Waals surface area contributed by atoms with Crippen LogP contribution in [0.25, 0.3) is 0 Å². The van der Waals surface area contributed by atoms with Crippen LogP contribution in [0.15, 0.2) is 18.2 Å². The second-order valence-corrected chi connectivity index (χ2v) is 7.90. The summed E-state index contributed by atoms with van der Waals surface area (Å²) in [6.07, 6.45) is 5.05. The fourth-order valence-corrected chi connectivity index (χ4v) is 4.25. The van der Waals surface area contributed by atoms with Crippen LogP contribution in [0.1, 0.15) is 49.9 Å². The van der Waals surface area contributed by atoms with Crippen LogP contribution in [0.4, 0.5) is 10.1 Å². The molecule has 0 amide bonds. The van der Waals surface area contributed by atoms with E-state index >= 15 is 0 Å². The van der Waals surface area contributed by atoms with Crippen LogP contribution in [0.3, 0.4) is 0 Å². The number of piperazine rings is 1. The Hall–Kier alpha value is -1.69. The molecule has 1 N–H and O–H groups in total. The Morgan fingerprint density at radius 2 is 1.88 bits per heavy atom. The van der Waals surface area contributed by atoms with Gasteiger partial charge in [-0.25, -0.2) is 4.39 Å². The highest BCUT2D eigenvalue weighted by Gasteiger charge is 2.26. The van der Waals surface area contributed by atoms with Crippen LogP contribution >= 0.6 is 12.2 Å². The van der Waals surface area contributed by atoms with Crippen molar-refractivity contribution in [3.05, 3.63) is 29.6 Å². The van der Waals surface area contributed by atoms with Gasteiger partial charge in [-0.15, -0.1) is 0 Å². The standard InChI is InChI=1S/C20H28FN3OS/c1-14-5-3-4-6-18(14)22-20(26)24-11-9-23(10-12-24)19-8-7-16(15(2)25)13-17(19)21/h7-8,13-14,18H,3-6,9-12H2,1-2H3,(H,22,26)/t14-,18+/m0/s1. The summed E-state index contributed by atoms with van der Waals surface area (Å²) < 4.78 is 14.4. The molecule has 1 saturated heterocycles. The number of nitrogens with zero attached hydrogens (tertiary/aromatic N) is 2. The average molecular weight is 378 g/mol. The lowest BCUT2D eigenvalue weighted by Crippen LogP contribution is -2.54. The molecular formula is C20H28FN3OS. The van der Waals surface area contributed by atoms with Crippen molar-refractivity contribution in [2.45, 2.75) is 45.6 Å². The van der Waals surface area contributed by atoms with E-state index in [1.54, 1.807) is 12.1 Å². The number of benzene rings is 1. The molecule has 0 radical (unpaired) electrons. The quantitative estimate of drug-likeness (QED) is 0.643. The number of thiocarbonyl (C=S) groups is 1. The number of ketones is 1. The van der Waals surface area contributed by atoms with E-state index in [9.17, 15) is 9.18 Å². The van der Waals surface area contributed by atoms with Gasteiger partial charge < -0.3 is 15.1 Å². The van der Waals surface area contributed by atoms with Crippen LogP contribution in [0, 0.1) is 11.7 Å². The summed E-state index contributed by atoms with van der Waals surface area (Å²) in [6.45, 7) is 6.75. The van der Waals surface area contributed by atoms with Gasteiger partial charge in [-0.1, -0.05) is 19.8 Å². The normalized spacial score (nSPS) is 23.7. The zero-order valence-corrected chi connectivity index (χ0v) is 16.4. The van der Waals surface area contributed by atoms with E-state index in [2.05, 4.69) is 17.1 Å². The molecule has 3 rings (SSSR count). The smallest absolute Gasteiger partial charge is 0.169 e. The zero-order valence-electron chi connectivity index (χ0n) is 15.6. The van der Waals surface area contributed by atoms with E-state index < -0.39 is 0 Å². The second-order valence-electron chi connectivity index (χ2n) is 7.51. The van der Waals surface area contributed by atoms with Gasteiger partial charge in [-0.05, 0) is 56.1 Å². The fraction of sp³-hybridized carbons (Fsp3) is 0.600. The molecule has 0 spiro atoms. The van der Waals surface area contributed by atoms with E-state index in [0.29, 0.717) is 23.2 Å². The van der Waals surface area contributed by atoms with Gasteiger partial charge in [0.05, 0.1) is 5.69 Å². The Kier molecular flexibility index (Phi) is 6.12. The van der Waals surface area contributed by atoms with Crippen LogP contribution < -0.4 is 10.2 Å². The molecule has 1 aromatic carbocycles. The molecule has 4 nitrogen and oxygen atoms in total. The first kappa shape index (κ1) is 19.1. The first-order chi connectivity index (χ1) is 12.5. The molecule has 2 atom stereocenters. The Balaban J connectivity index is 1.55. The van der Waals surface area contributed by atoms with Crippen molar-refractivity contribution < 1.29 is 9.18 Å². The van der Waals surface area contributed by atoms with Crippen molar-refractivity contribution in [3.8, 4) is 0 Å². The van der Waals surface area contributed by atoms with Gasteiger partial charge in [0.1, 0.15) is 5.82 Å². The predicted molar refractivity (Wildman–Crippen MR) is 107 cm³/mol. The lowest BCUT2D eigenvalue weighted by Gasteiger charge is -2.39. The van der Waals surface area contributed by atoms with Gasteiger partial charge in [0.25, 0.3) is 0 Å². The number of anilines is 1. The minimum atomic E-state index is -0.331. The molecule has 26 heavy (non-hydrogen) atoms. The van der Waals surface area contributed by atoms with E-state index in [0.717, 1.165) is 31.3 Å². The fourth-order valence-electron chi connectivity index (χ4n) is 3.91. The van der Waals surface area contributed by atoms with Crippen molar-refractivity contribution in [2.24, 2.45) is 5.92 Å². The molecule has 1 heterocycles. The van der Waals surface area contributed by atoms with Crippen LogP contribution in [-0.4, -0.2) is 48.0 Å². The van der Waals surface area contributed by atoms with Crippen molar-refractivity contribution in [1.82, 2.24) is 10.2 Å². The number of rotatable bonds is 3. The molecule has 6 heteroatoms. The molecule has 2 aliphatic rings. The van der Waals surface area contributed by atoms with Gasteiger partial charge in [0, 0.05) is 37.8 Å². The molecular weight excluding hydrogens is 349 g/mol. The highest BCUT2D eigenvalue weighted by molar-refractivity contribution is 7.80. The molecule has 1 saturated carbocycles. The monoisotopic (exact) mass is 377 g/mol. The van der Waals surface area contributed by atoms with Crippen LogP contribution in [0.5, 0.6) is 0 Å². The lowest BCUT2D eigenvalue weighted by atomic mass is 9.86. The molecule has 0 bridgehead atoms. The second kappa shape index (κ2) is 8.33. The first-order valence-electron chi connectivity index (χ1n) is 9.56. The summed E-state index contributed by atoms with van der Waals surface area (Å²) >= 11 is 5.62. The van der Waals surface area contributed by atoms with Gasteiger partial charge >= 0.3 is 0 Å². The number of hydrogen-bond acceptors (Lipinski definition) is 3. The van der Waals surface area contributed by atoms with E-state index in [4.69, 9.17) is 12.2 Å². The summed E-state index contributed by atoms with van der Waals surface area (Å²) in [6, 6.07) is 5.22. The Morgan fingerprint density at radius 3 is 2.50 bits per heavy atom. The third kappa shape index (κ3) is 4.34. The van der Waals surface area contributed by atoms with Gasteiger partial charge in [0.2, 0.25) is 0 Å². The summed E-state index contributed by atoms with van der Waals surface area (Å²) in [4.78, 5) is 15.6. The van der Waals surface area contributed by atoms with Crippen molar-refractivity contribution in [2.75, 3.05) is 31.1 Å². The molecule has 142 valence electrons. The Labute approximate surface area is 160 Å². The van der Waals surface area contributed by atoms with Gasteiger partial charge in [0.15, 0.2) is 10.9 Å². The number of carbonyl (C=O) groups excluding carboxylic acids is 1. The maximum Gasteiger partial charge on any atom is 0.169 e. The number of halogens is 1. The lowest BCUT2D eigenvalue weighted by molar-refractivity contribution is 0.101. The number of Topliss-reactive ketones (excluding diaryl/α,β-unsaturated/α-hetero) is 1. The Bertz CT molecular complexity index is 673. The number of carbonyl (C=O) groups is 1. The number of hydrogen-bond donors (Lipinski definition) is 1. The average Bonchev–Trinajstić information content (AvgIpc) is 2.63. The van der Waals surface area contributed by atoms with Crippen molar-refractivity contribution in [1.29, 1.82) is 0 Å². The van der Waals surface area contributed by atoms with Crippen LogP contribution in [-0.2, 0) is 0 Å². The topological polar surface area (TPSA) is 35.6 Å². The first-order valence-corrected chi connectivity index (χ1v) is 9.97. The summed E-state index contributed by atoms with van der Waals surface area (Å²) in [7, 11) is 0. The molecule has 0 aromatic heterocycles. The molecule has 2 fully saturated rings. The Morgan fingerprint density at radius 1 is 1.19 bits per heavy atom. The third-order valence-corrected chi connectivity index (χ3v) is 6.06. The highest BCUT2D eigenvalue weighted by atomic mass is 32.1. The molecule has 1 aliphatic carbocycles. The SMILES string of the molecule is CC(=O)c1ccc(N2CCN(C(=S)N[C@@H]3CCCC[C@@H]3C)CC2)c(F)c1. The minimum absolute atomic E-state index is 0.117. The highest BCUT2D eigenvalue weighted by Crippen LogP contribution is 2.25. The minimum Gasteiger partial charge on any atom is -0.366 e. The maximum atomic E-state index is 14.4. The van der Waals surface area contributed by atoms with E-state index in [1.807, 2.05) is 4.90 Å². The molecule has 1 aliphatic heterocycles. The zero-order chi connectivity index (χ0) is 18.7. The van der Waals surface area contributed by atoms with E-state index in [-0.39, 0.29) is 11.6 Å². The van der Waals surface area contributed by atoms with Gasteiger partial charge in [-0.3, -0.25) is 4.79 Å². The van der Waals surface area contributed by atoms with Crippen molar-refractivity contribution >= 4 is 28.8 Å². The summed E-state index contributed by atoms with van der Waals surface area (Å²) in [5.74, 6) is 0.216. The summed E-state index contributed by atoms with van der Waals surface area (Å²) in [5, 5.41) is 4.38. The molecule has 0 unspecified atom stereocenters. The van der Waals surface area contributed by atoms with Gasteiger partial charge in [-0.2, -0.15) is 0 Å². The molecule has 1 aromatic rings. The van der Waals surface area contributed by atoms with Crippen LogP contribution in [0.2, 0.25) is 0 Å². The summed E-state index contributed by atoms with van der Waals surface area (Å²) in [5.41, 5.74) is 0.978. The predicted octanol–water partition coefficient (Wildman–Crippen LogP) is 3.60. The van der Waals surface area contributed by atoms with E-state index in [1.165, 1.54) is 38.7 Å². The largest absolute Gasteiger partial charge is 0.366 e. The maximum absolute atomic E-state index is 14.4.